The fourth-order valence-electron chi connectivity index (χ4n) is 1.45. The molecule has 0 heterocycles. The molecule has 0 saturated carbocycles. The number of anilines is 1. The lowest BCUT2D eigenvalue weighted by atomic mass is 10.2. The minimum Gasteiger partial charge on any atom is -0.455 e. The van der Waals surface area contributed by atoms with E-state index in [0.717, 1.165) is 24.3 Å². The monoisotopic (exact) mass is 271 g/mol. The molecule has 0 amide bonds. The third-order valence-corrected chi connectivity index (χ3v) is 2.38. The largest absolute Gasteiger partial charge is 0.455 e. The summed E-state index contributed by atoms with van der Waals surface area (Å²) in [6.45, 7) is 0. The van der Waals surface area contributed by atoms with E-state index < -0.39 is 17.6 Å². The standard InChI is InChI=1S/C13H9F4NO/c14-9-3-6-12(11(18)7-9)19-10-4-1-8(2-5-10)13(15,16)17/h1-7H,18H2. The van der Waals surface area contributed by atoms with E-state index in [9.17, 15) is 17.6 Å². The van der Waals surface area contributed by atoms with Crippen molar-refractivity contribution < 1.29 is 22.3 Å². The number of ether oxygens (including phenoxy) is 1. The van der Waals surface area contributed by atoms with Gasteiger partial charge < -0.3 is 10.5 Å². The van der Waals surface area contributed by atoms with Crippen molar-refractivity contribution in [2.75, 3.05) is 5.73 Å². The molecule has 0 saturated heterocycles. The molecule has 0 aliphatic rings. The molecule has 0 radical (unpaired) electrons. The predicted octanol–water partition coefficient (Wildman–Crippen LogP) is 4.22. The molecule has 6 heteroatoms. The molecule has 0 spiro atoms. The highest BCUT2D eigenvalue weighted by atomic mass is 19.4. The molecule has 2 rings (SSSR count). The van der Waals surface area contributed by atoms with Gasteiger partial charge in [0, 0.05) is 6.07 Å². The van der Waals surface area contributed by atoms with Crippen LogP contribution < -0.4 is 10.5 Å². The lowest BCUT2D eigenvalue weighted by Crippen LogP contribution is -2.04. The second-order valence-electron chi connectivity index (χ2n) is 3.81. The number of alkyl halides is 3. The minimum atomic E-state index is -4.40. The number of nitrogen functional groups attached to an aromatic ring is 1. The topological polar surface area (TPSA) is 35.2 Å². The van der Waals surface area contributed by atoms with Crippen LogP contribution in [0.2, 0.25) is 0 Å². The molecule has 2 N–H and O–H groups in total. The zero-order valence-electron chi connectivity index (χ0n) is 9.54. The first-order chi connectivity index (χ1) is 8.86. The average Bonchev–Trinajstić information content (AvgIpc) is 2.32. The summed E-state index contributed by atoms with van der Waals surface area (Å²) in [5.41, 5.74) is 4.82. The molecule has 0 unspecified atom stereocenters. The number of nitrogens with two attached hydrogens (primary N) is 1. The molecule has 2 nitrogen and oxygen atoms in total. The molecule has 0 aliphatic heterocycles. The number of benzene rings is 2. The van der Waals surface area contributed by atoms with Crippen molar-refractivity contribution in [1.82, 2.24) is 0 Å². The molecular formula is C13H9F4NO. The van der Waals surface area contributed by atoms with Crippen LogP contribution in [0.5, 0.6) is 11.5 Å². The molecule has 0 atom stereocenters. The van der Waals surface area contributed by atoms with Gasteiger partial charge in [-0.05, 0) is 36.4 Å². The van der Waals surface area contributed by atoms with E-state index >= 15 is 0 Å². The Balaban J connectivity index is 2.20. The fourth-order valence-corrected chi connectivity index (χ4v) is 1.45. The van der Waals surface area contributed by atoms with Crippen molar-refractivity contribution in [2.24, 2.45) is 0 Å². The average molecular weight is 271 g/mol. The number of hydrogen-bond donors (Lipinski definition) is 1. The van der Waals surface area contributed by atoms with Gasteiger partial charge in [0.1, 0.15) is 11.6 Å². The molecule has 0 bridgehead atoms. The van der Waals surface area contributed by atoms with Gasteiger partial charge in [-0.25, -0.2) is 4.39 Å². The van der Waals surface area contributed by atoms with Gasteiger partial charge in [0.25, 0.3) is 0 Å². The van der Waals surface area contributed by atoms with Crippen LogP contribution in [0.4, 0.5) is 23.2 Å². The quantitative estimate of drug-likeness (QED) is 0.655. The van der Waals surface area contributed by atoms with E-state index in [2.05, 4.69) is 0 Å². The van der Waals surface area contributed by atoms with Crippen LogP contribution >= 0.6 is 0 Å². The summed E-state index contributed by atoms with van der Waals surface area (Å²) in [4.78, 5) is 0. The van der Waals surface area contributed by atoms with Crippen molar-refractivity contribution >= 4 is 5.69 Å². The molecule has 0 aromatic heterocycles. The van der Waals surface area contributed by atoms with Crippen LogP contribution in [-0.4, -0.2) is 0 Å². The van der Waals surface area contributed by atoms with Crippen molar-refractivity contribution in [3.05, 3.63) is 53.8 Å². The Hall–Kier alpha value is -2.24. The molecule has 0 fully saturated rings. The Bertz CT molecular complexity index is 578. The molecule has 0 aliphatic carbocycles. The SMILES string of the molecule is Nc1cc(F)ccc1Oc1ccc(C(F)(F)F)cc1. The van der Waals surface area contributed by atoms with Crippen molar-refractivity contribution in [3.8, 4) is 11.5 Å². The fraction of sp³-hybridized carbons (Fsp3) is 0.0769. The highest BCUT2D eigenvalue weighted by Gasteiger charge is 2.30. The Morgan fingerprint density at radius 3 is 2.11 bits per heavy atom. The number of rotatable bonds is 2. The summed E-state index contributed by atoms with van der Waals surface area (Å²) >= 11 is 0. The van der Waals surface area contributed by atoms with Crippen LogP contribution in [0.15, 0.2) is 42.5 Å². The van der Waals surface area contributed by atoms with E-state index in [0.29, 0.717) is 0 Å². The summed E-state index contributed by atoms with van der Waals surface area (Å²) in [6.07, 6.45) is -4.40. The van der Waals surface area contributed by atoms with Gasteiger partial charge in [0.05, 0.1) is 11.3 Å². The predicted molar refractivity (Wildman–Crippen MR) is 62.3 cm³/mol. The van der Waals surface area contributed by atoms with Gasteiger partial charge in [0.2, 0.25) is 0 Å². The summed E-state index contributed by atoms with van der Waals surface area (Å²) in [7, 11) is 0. The van der Waals surface area contributed by atoms with Gasteiger partial charge >= 0.3 is 6.18 Å². The summed E-state index contributed by atoms with van der Waals surface area (Å²) in [6, 6.07) is 7.67. The van der Waals surface area contributed by atoms with Gasteiger partial charge in [-0.3, -0.25) is 0 Å². The number of hydrogen-bond acceptors (Lipinski definition) is 2. The molecule has 100 valence electrons. The van der Waals surface area contributed by atoms with E-state index in [1.807, 2.05) is 0 Å². The Labute approximate surface area is 106 Å². The third-order valence-electron chi connectivity index (χ3n) is 2.38. The van der Waals surface area contributed by atoms with Crippen LogP contribution in [0, 0.1) is 5.82 Å². The molecular weight excluding hydrogens is 262 g/mol. The number of halogens is 4. The maximum Gasteiger partial charge on any atom is 0.416 e. The lowest BCUT2D eigenvalue weighted by molar-refractivity contribution is -0.137. The second kappa shape index (κ2) is 4.79. The minimum absolute atomic E-state index is 0.0693. The highest BCUT2D eigenvalue weighted by molar-refractivity contribution is 5.54. The second-order valence-corrected chi connectivity index (χ2v) is 3.81. The van der Waals surface area contributed by atoms with Gasteiger partial charge in [-0.2, -0.15) is 13.2 Å². The van der Waals surface area contributed by atoms with Gasteiger partial charge in [-0.1, -0.05) is 0 Å². The lowest BCUT2D eigenvalue weighted by Gasteiger charge is -2.10. The molecule has 2 aromatic rings. The van der Waals surface area contributed by atoms with E-state index in [-0.39, 0.29) is 17.2 Å². The maximum absolute atomic E-state index is 12.8. The van der Waals surface area contributed by atoms with Crippen molar-refractivity contribution in [2.45, 2.75) is 6.18 Å². The Kier molecular flexibility index (Phi) is 3.33. The first-order valence-electron chi connectivity index (χ1n) is 5.26. The van der Waals surface area contributed by atoms with Crippen LogP contribution in [0.1, 0.15) is 5.56 Å². The Morgan fingerprint density at radius 1 is 0.947 bits per heavy atom. The smallest absolute Gasteiger partial charge is 0.416 e. The van der Waals surface area contributed by atoms with Crippen LogP contribution in [0.3, 0.4) is 0 Å². The normalized spacial score (nSPS) is 11.4. The van der Waals surface area contributed by atoms with Gasteiger partial charge in [0.15, 0.2) is 5.75 Å². The summed E-state index contributed by atoms with van der Waals surface area (Å²) in [5, 5.41) is 0. The van der Waals surface area contributed by atoms with Crippen LogP contribution in [-0.2, 0) is 6.18 Å². The van der Waals surface area contributed by atoms with Crippen LogP contribution in [0.25, 0.3) is 0 Å². The Morgan fingerprint density at radius 2 is 1.58 bits per heavy atom. The zero-order chi connectivity index (χ0) is 14.0. The summed E-state index contributed by atoms with van der Waals surface area (Å²) < 4.78 is 55.1. The van der Waals surface area contributed by atoms with Crippen molar-refractivity contribution in [3.63, 3.8) is 0 Å². The third kappa shape index (κ3) is 3.15. The summed E-state index contributed by atoms with van der Waals surface area (Å²) in [5.74, 6) is -0.148. The maximum atomic E-state index is 12.8. The molecule has 19 heavy (non-hydrogen) atoms. The van der Waals surface area contributed by atoms with E-state index in [4.69, 9.17) is 10.5 Å². The highest BCUT2D eigenvalue weighted by Crippen LogP contribution is 2.32. The zero-order valence-corrected chi connectivity index (χ0v) is 9.54. The van der Waals surface area contributed by atoms with Gasteiger partial charge in [-0.15, -0.1) is 0 Å². The molecule has 2 aromatic carbocycles. The first kappa shape index (κ1) is 13.2. The van der Waals surface area contributed by atoms with Crippen molar-refractivity contribution in [1.29, 1.82) is 0 Å². The van der Waals surface area contributed by atoms with E-state index in [1.165, 1.54) is 18.2 Å². The van der Waals surface area contributed by atoms with E-state index in [1.54, 1.807) is 0 Å². The first-order valence-corrected chi connectivity index (χ1v) is 5.26.